The molecule has 0 radical (unpaired) electrons. The van der Waals surface area contributed by atoms with Crippen LogP contribution < -0.4 is 5.32 Å². The second-order valence-corrected chi connectivity index (χ2v) is 14.1. The van der Waals surface area contributed by atoms with Crippen LogP contribution in [-0.2, 0) is 9.53 Å². The largest absolute Gasteiger partial charge is 0.411 e. The quantitative estimate of drug-likeness (QED) is 0.303. The number of oxime groups is 1. The molecule has 1 saturated carbocycles. The summed E-state index contributed by atoms with van der Waals surface area (Å²) in [5.74, 6) is 0.629. The molecular formula is C34H51N5O4. The predicted octanol–water partition coefficient (Wildman–Crippen LogP) is 5.19. The second-order valence-electron chi connectivity index (χ2n) is 14.1. The number of benzene rings is 1. The molecule has 1 spiro atoms. The van der Waals surface area contributed by atoms with Crippen molar-refractivity contribution in [3.63, 3.8) is 0 Å². The lowest BCUT2D eigenvalue weighted by molar-refractivity contribution is -0.126. The molecule has 6 rings (SSSR count). The molecule has 1 aliphatic carbocycles. The number of nitrogens with zero attached hydrogens (tertiary/aromatic N) is 4. The molecule has 3 amide bonds. The number of hydrogen-bond acceptors (Lipinski definition) is 6. The van der Waals surface area contributed by atoms with Crippen LogP contribution in [0, 0.1) is 11.8 Å². The van der Waals surface area contributed by atoms with Crippen LogP contribution in [0.3, 0.4) is 0 Å². The predicted molar refractivity (Wildman–Crippen MR) is 166 cm³/mol. The first-order chi connectivity index (χ1) is 20.9. The van der Waals surface area contributed by atoms with Crippen LogP contribution in [0.25, 0.3) is 0 Å². The number of carbonyl (C=O) groups excluding carboxylic acids is 2. The SMILES string of the molecule is CC(C)N1C(=O)N(CC2CCOCC2)CC12CC1CCC(C2)N1CC[C@H](NC(=O)C1CCC(=NO)CC1)c1ccccc1. The van der Waals surface area contributed by atoms with E-state index in [0.29, 0.717) is 30.8 Å². The standard InChI is InChI=1S/C34H51N5O4/c1-24(2)39-33(41)37(22-25-15-18-43-19-16-25)23-34(39)20-29-12-13-30(21-34)38(29)17-14-31(26-6-4-3-5-7-26)35-32(40)27-8-10-28(36-42)11-9-27/h3-7,24-25,27,29-31,42H,8-23H2,1-2H3,(H,35,40)/t27?,29?,30?,31-,34?/m0/s1. The molecule has 9 heteroatoms. The maximum atomic E-state index is 13.8. The van der Waals surface area contributed by atoms with Gasteiger partial charge in [0, 0.05) is 56.9 Å². The van der Waals surface area contributed by atoms with E-state index in [2.05, 4.69) is 63.3 Å². The third kappa shape index (κ3) is 6.44. The van der Waals surface area contributed by atoms with Crippen molar-refractivity contribution in [3.05, 3.63) is 35.9 Å². The van der Waals surface area contributed by atoms with Gasteiger partial charge in [0.2, 0.25) is 5.91 Å². The van der Waals surface area contributed by atoms with Crippen molar-refractivity contribution in [3.8, 4) is 0 Å². The lowest BCUT2D eigenvalue weighted by atomic mass is 9.81. The Morgan fingerprint density at radius 2 is 1.72 bits per heavy atom. The molecule has 1 aromatic carbocycles. The van der Waals surface area contributed by atoms with Gasteiger partial charge in [-0.2, -0.15) is 0 Å². The molecule has 2 bridgehead atoms. The van der Waals surface area contributed by atoms with Crippen LogP contribution in [0.5, 0.6) is 0 Å². The average molecular weight is 594 g/mol. The van der Waals surface area contributed by atoms with Crippen molar-refractivity contribution in [1.82, 2.24) is 20.0 Å². The van der Waals surface area contributed by atoms with E-state index in [1.807, 2.05) is 6.07 Å². The molecule has 4 heterocycles. The minimum atomic E-state index is -0.0799. The van der Waals surface area contributed by atoms with Crippen molar-refractivity contribution < 1.29 is 19.5 Å². The van der Waals surface area contributed by atoms with Crippen LogP contribution in [0.4, 0.5) is 4.79 Å². The summed E-state index contributed by atoms with van der Waals surface area (Å²) in [7, 11) is 0. The number of piperidine rings is 1. The average Bonchev–Trinajstić information content (AvgIpc) is 3.43. The summed E-state index contributed by atoms with van der Waals surface area (Å²) in [5, 5.41) is 15.9. The van der Waals surface area contributed by atoms with E-state index in [-0.39, 0.29) is 35.5 Å². The molecule has 5 fully saturated rings. The number of hydrogen-bond donors (Lipinski definition) is 2. The van der Waals surface area contributed by atoms with Crippen molar-refractivity contribution in [2.75, 3.05) is 32.8 Å². The molecular weight excluding hydrogens is 542 g/mol. The van der Waals surface area contributed by atoms with Crippen LogP contribution in [0.1, 0.15) is 96.1 Å². The summed E-state index contributed by atoms with van der Waals surface area (Å²) >= 11 is 0. The van der Waals surface area contributed by atoms with Gasteiger partial charge in [0.25, 0.3) is 0 Å². The highest BCUT2D eigenvalue weighted by Crippen LogP contribution is 2.48. The van der Waals surface area contributed by atoms with Gasteiger partial charge in [-0.05, 0) is 96.0 Å². The topological polar surface area (TPSA) is 97.7 Å². The van der Waals surface area contributed by atoms with Crippen LogP contribution in [-0.4, -0.2) is 94.1 Å². The smallest absolute Gasteiger partial charge is 0.320 e. The molecule has 3 atom stereocenters. The molecule has 4 saturated heterocycles. The Balaban J connectivity index is 1.12. The Bertz CT molecular complexity index is 1130. The van der Waals surface area contributed by atoms with Crippen molar-refractivity contribution in [1.29, 1.82) is 0 Å². The van der Waals surface area contributed by atoms with Crippen LogP contribution >= 0.6 is 0 Å². The first kappa shape index (κ1) is 30.4. The third-order valence-corrected chi connectivity index (χ3v) is 11.1. The Kier molecular flexibility index (Phi) is 9.29. The Morgan fingerprint density at radius 1 is 1.05 bits per heavy atom. The molecule has 4 aliphatic heterocycles. The fraction of sp³-hybridized carbons (Fsp3) is 0.735. The van der Waals surface area contributed by atoms with Gasteiger partial charge in [-0.25, -0.2) is 4.79 Å². The van der Waals surface area contributed by atoms with E-state index in [0.717, 1.165) is 89.1 Å². The Labute approximate surface area is 257 Å². The van der Waals surface area contributed by atoms with E-state index < -0.39 is 0 Å². The van der Waals surface area contributed by atoms with E-state index in [9.17, 15) is 9.59 Å². The van der Waals surface area contributed by atoms with E-state index in [1.54, 1.807) is 0 Å². The molecule has 2 N–H and O–H groups in total. The number of amides is 3. The van der Waals surface area contributed by atoms with Crippen molar-refractivity contribution in [2.45, 2.75) is 114 Å². The van der Waals surface area contributed by atoms with Gasteiger partial charge in [0.05, 0.1) is 17.3 Å². The molecule has 9 nitrogen and oxygen atoms in total. The van der Waals surface area contributed by atoms with Gasteiger partial charge in [-0.3, -0.25) is 9.69 Å². The first-order valence-corrected chi connectivity index (χ1v) is 16.8. The summed E-state index contributed by atoms with van der Waals surface area (Å²) in [6.45, 7) is 8.66. The monoisotopic (exact) mass is 593 g/mol. The zero-order valence-corrected chi connectivity index (χ0v) is 26.1. The fourth-order valence-corrected chi connectivity index (χ4v) is 9.00. The minimum Gasteiger partial charge on any atom is -0.411 e. The van der Waals surface area contributed by atoms with Crippen LogP contribution in [0.2, 0.25) is 0 Å². The van der Waals surface area contributed by atoms with E-state index in [1.165, 1.54) is 12.8 Å². The summed E-state index contributed by atoms with van der Waals surface area (Å²) < 4.78 is 5.58. The number of ether oxygens (including phenoxy) is 1. The molecule has 1 aromatic rings. The molecule has 43 heavy (non-hydrogen) atoms. The summed E-state index contributed by atoms with van der Waals surface area (Å²) in [5.41, 5.74) is 1.87. The maximum Gasteiger partial charge on any atom is 0.320 e. The highest BCUT2D eigenvalue weighted by molar-refractivity contribution is 5.87. The number of urea groups is 1. The first-order valence-electron chi connectivity index (χ1n) is 16.8. The van der Waals surface area contributed by atoms with Crippen LogP contribution in [0.15, 0.2) is 35.5 Å². The van der Waals surface area contributed by atoms with Gasteiger partial charge < -0.3 is 25.1 Å². The zero-order valence-electron chi connectivity index (χ0n) is 26.1. The summed E-state index contributed by atoms with van der Waals surface area (Å²) in [4.78, 5) is 34.3. The molecule has 236 valence electrons. The number of nitrogens with one attached hydrogen (secondary N) is 1. The van der Waals surface area contributed by atoms with Gasteiger partial charge in [0.1, 0.15) is 0 Å². The summed E-state index contributed by atoms with van der Waals surface area (Å²) in [6, 6.07) is 11.7. The highest BCUT2D eigenvalue weighted by atomic mass is 16.5. The highest BCUT2D eigenvalue weighted by Gasteiger charge is 2.57. The molecule has 0 aromatic heterocycles. The maximum absolute atomic E-state index is 13.8. The van der Waals surface area contributed by atoms with Gasteiger partial charge in [0.15, 0.2) is 0 Å². The lowest BCUT2D eigenvalue weighted by Gasteiger charge is -2.49. The normalized spacial score (nSPS) is 30.8. The molecule has 2 unspecified atom stereocenters. The Morgan fingerprint density at radius 3 is 2.35 bits per heavy atom. The Hall–Kier alpha value is -2.65. The second kappa shape index (κ2) is 13.1. The van der Waals surface area contributed by atoms with Crippen molar-refractivity contribution >= 4 is 17.6 Å². The van der Waals surface area contributed by atoms with Gasteiger partial charge >= 0.3 is 6.03 Å². The van der Waals surface area contributed by atoms with E-state index >= 15 is 0 Å². The van der Waals surface area contributed by atoms with Gasteiger partial charge in [-0.15, -0.1) is 0 Å². The third-order valence-electron chi connectivity index (χ3n) is 11.1. The number of carbonyl (C=O) groups is 2. The zero-order chi connectivity index (χ0) is 30.0. The fourth-order valence-electron chi connectivity index (χ4n) is 9.00. The number of rotatable bonds is 9. The summed E-state index contributed by atoms with van der Waals surface area (Å²) in [6.07, 6.45) is 10.3. The van der Waals surface area contributed by atoms with E-state index in [4.69, 9.17) is 9.94 Å². The lowest BCUT2D eigenvalue weighted by Crippen LogP contribution is -2.60. The molecule has 5 aliphatic rings. The minimum absolute atomic E-state index is 0.0336. The van der Waals surface area contributed by atoms with Crippen molar-refractivity contribution in [2.24, 2.45) is 17.0 Å². The van der Waals surface area contributed by atoms with Gasteiger partial charge in [-0.1, -0.05) is 35.5 Å². The number of fused-ring (bicyclic) bond motifs is 2.